The molecule has 2 aromatic carbocycles. The third-order valence-corrected chi connectivity index (χ3v) is 3.41. The van der Waals surface area contributed by atoms with Gasteiger partial charge in [0.25, 0.3) is 0 Å². The van der Waals surface area contributed by atoms with Gasteiger partial charge in [0, 0.05) is 22.3 Å². The molecule has 3 rings (SSSR count). The van der Waals surface area contributed by atoms with Gasteiger partial charge in [0.1, 0.15) is 6.07 Å². The molecule has 5 heteroatoms. The monoisotopic (exact) mass is 294 g/mol. The number of anilines is 3. The number of halogens is 1. The summed E-state index contributed by atoms with van der Waals surface area (Å²) < 4.78 is 0. The first-order valence-electron chi connectivity index (χ1n) is 6.29. The number of aromatic nitrogens is 1. The number of para-hydroxylation sites is 1. The molecule has 4 nitrogen and oxygen atoms in total. The minimum Gasteiger partial charge on any atom is -0.397 e. The van der Waals surface area contributed by atoms with E-state index in [-0.39, 0.29) is 0 Å². The molecule has 0 spiro atoms. The molecule has 0 aliphatic rings. The van der Waals surface area contributed by atoms with E-state index in [1.807, 2.05) is 18.2 Å². The Kier molecular flexibility index (Phi) is 3.35. The van der Waals surface area contributed by atoms with Crippen LogP contribution in [0.15, 0.2) is 48.7 Å². The Morgan fingerprint density at radius 2 is 2.00 bits per heavy atom. The summed E-state index contributed by atoms with van der Waals surface area (Å²) in [4.78, 5) is 4.29. The number of hydrogen-bond donors (Lipinski definition) is 2. The Bertz CT molecular complexity index is 868. The van der Waals surface area contributed by atoms with Crippen molar-refractivity contribution in [3.05, 3.63) is 59.2 Å². The fourth-order valence-electron chi connectivity index (χ4n) is 2.17. The fourth-order valence-corrected chi connectivity index (χ4v) is 2.34. The van der Waals surface area contributed by atoms with Gasteiger partial charge in [0.15, 0.2) is 0 Å². The standard InChI is InChI=1S/C16H11ClN4/c17-11-5-4-10(9-18)15(8-11)21-14-6-7-20-16-12(14)2-1-3-13(16)19/h1-8H,19H2,(H,20,21). The number of benzene rings is 2. The summed E-state index contributed by atoms with van der Waals surface area (Å²) in [6.45, 7) is 0. The maximum atomic E-state index is 9.18. The van der Waals surface area contributed by atoms with Gasteiger partial charge in [-0.25, -0.2) is 0 Å². The molecule has 21 heavy (non-hydrogen) atoms. The maximum absolute atomic E-state index is 9.18. The zero-order valence-electron chi connectivity index (χ0n) is 11.0. The van der Waals surface area contributed by atoms with Crippen molar-refractivity contribution in [2.24, 2.45) is 0 Å². The summed E-state index contributed by atoms with van der Waals surface area (Å²) in [6, 6.07) is 14.7. The van der Waals surface area contributed by atoms with Crippen molar-refractivity contribution in [2.75, 3.05) is 11.1 Å². The van der Waals surface area contributed by atoms with Crippen molar-refractivity contribution in [3.8, 4) is 6.07 Å². The number of rotatable bonds is 2. The first kappa shape index (κ1) is 13.2. The van der Waals surface area contributed by atoms with Gasteiger partial charge in [0.2, 0.25) is 0 Å². The molecule has 0 radical (unpaired) electrons. The van der Waals surface area contributed by atoms with Crippen LogP contribution in [0.2, 0.25) is 5.02 Å². The van der Waals surface area contributed by atoms with E-state index < -0.39 is 0 Å². The SMILES string of the molecule is N#Cc1ccc(Cl)cc1Nc1ccnc2c(N)cccc12. The summed E-state index contributed by atoms with van der Waals surface area (Å²) in [5, 5.41) is 13.9. The molecule has 0 saturated heterocycles. The van der Waals surface area contributed by atoms with Crippen molar-refractivity contribution in [1.29, 1.82) is 5.26 Å². The third-order valence-electron chi connectivity index (χ3n) is 3.17. The van der Waals surface area contributed by atoms with Crippen LogP contribution in [0.3, 0.4) is 0 Å². The first-order chi connectivity index (χ1) is 10.2. The van der Waals surface area contributed by atoms with Crippen LogP contribution >= 0.6 is 11.6 Å². The van der Waals surface area contributed by atoms with Crippen LogP contribution in [0.4, 0.5) is 17.1 Å². The number of nitrogen functional groups attached to an aromatic ring is 1. The Hall–Kier alpha value is -2.77. The molecule has 102 valence electrons. The molecule has 0 fully saturated rings. The molecule has 1 aromatic heterocycles. The van der Waals surface area contributed by atoms with Gasteiger partial charge in [-0.3, -0.25) is 4.98 Å². The molecule has 0 aliphatic heterocycles. The van der Waals surface area contributed by atoms with Crippen LogP contribution < -0.4 is 11.1 Å². The van der Waals surface area contributed by atoms with Crippen LogP contribution in [0, 0.1) is 11.3 Å². The number of nitriles is 1. The molecule has 0 amide bonds. The summed E-state index contributed by atoms with van der Waals surface area (Å²) in [7, 11) is 0. The summed E-state index contributed by atoms with van der Waals surface area (Å²) in [6.07, 6.45) is 1.68. The Morgan fingerprint density at radius 1 is 1.14 bits per heavy atom. The molecule has 0 saturated carbocycles. The molecular weight excluding hydrogens is 284 g/mol. The van der Waals surface area contributed by atoms with E-state index in [0.717, 1.165) is 16.6 Å². The van der Waals surface area contributed by atoms with Gasteiger partial charge in [-0.15, -0.1) is 0 Å². The highest BCUT2D eigenvalue weighted by Crippen LogP contribution is 2.30. The molecule has 0 bridgehead atoms. The number of nitrogens with two attached hydrogens (primary N) is 1. The minimum absolute atomic E-state index is 0.522. The van der Waals surface area contributed by atoms with E-state index in [0.29, 0.717) is 22.0 Å². The van der Waals surface area contributed by atoms with Crippen LogP contribution in [0.5, 0.6) is 0 Å². The number of fused-ring (bicyclic) bond motifs is 1. The second-order valence-electron chi connectivity index (χ2n) is 4.53. The van der Waals surface area contributed by atoms with E-state index in [1.54, 1.807) is 30.5 Å². The van der Waals surface area contributed by atoms with Crippen molar-refractivity contribution in [3.63, 3.8) is 0 Å². The first-order valence-corrected chi connectivity index (χ1v) is 6.67. The highest BCUT2D eigenvalue weighted by molar-refractivity contribution is 6.31. The van der Waals surface area contributed by atoms with Gasteiger partial charge in [0.05, 0.1) is 22.5 Å². The molecule has 0 unspecified atom stereocenters. The number of nitrogens with one attached hydrogen (secondary N) is 1. The van der Waals surface area contributed by atoms with Crippen LogP contribution in [0.25, 0.3) is 10.9 Å². The van der Waals surface area contributed by atoms with E-state index >= 15 is 0 Å². The molecule has 1 heterocycles. The van der Waals surface area contributed by atoms with Gasteiger partial charge in [-0.05, 0) is 30.3 Å². The number of pyridine rings is 1. The average molecular weight is 295 g/mol. The molecule has 3 N–H and O–H groups in total. The van der Waals surface area contributed by atoms with Crippen molar-refractivity contribution in [1.82, 2.24) is 4.98 Å². The van der Waals surface area contributed by atoms with Gasteiger partial charge < -0.3 is 11.1 Å². The van der Waals surface area contributed by atoms with Gasteiger partial charge in [-0.2, -0.15) is 5.26 Å². The Labute approximate surface area is 126 Å². The van der Waals surface area contributed by atoms with Crippen molar-refractivity contribution >= 4 is 39.6 Å². The van der Waals surface area contributed by atoms with Gasteiger partial charge in [-0.1, -0.05) is 23.7 Å². The van der Waals surface area contributed by atoms with Crippen LogP contribution in [-0.2, 0) is 0 Å². The smallest absolute Gasteiger partial charge is 0.101 e. The van der Waals surface area contributed by atoms with Crippen molar-refractivity contribution in [2.45, 2.75) is 0 Å². The normalized spacial score (nSPS) is 10.3. The number of nitrogens with zero attached hydrogens (tertiary/aromatic N) is 2. The third kappa shape index (κ3) is 2.47. The zero-order valence-corrected chi connectivity index (χ0v) is 11.7. The van der Waals surface area contributed by atoms with Crippen molar-refractivity contribution < 1.29 is 0 Å². The predicted molar refractivity (Wildman–Crippen MR) is 85.6 cm³/mol. The second kappa shape index (κ2) is 5.31. The number of hydrogen-bond acceptors (Lipinski definition) is 4. The van der Waals surface area contributed by atoms with E-state index in [2.05, 4.69) is 16.4 Å². The lowest BCUT2D eigenvalue weighted by molar-refractivity contribution is 1.40. The molecule has 3 aromatic rings. The Balaban J connectivity index is 2.13. The topological polar surface area (TPSA) is 74.7 Å². The summed E-state index contributed by atoms with van der Waals surface area (Å²) >= 11 is 6.00. The largest absolute Gasteiger partial charge is 0.397 e. The van der Waals surface area contributed by atoms with Gasteiger partial charge >= 0.3 is 0 Å². The second-order valence-corrected chi connectivity index (χ2v) is 4.97. The lowest BCUT2D eigenvalue weighted by atomic mass is 10.1. The minimum atomic E-state index is 0.522. The average Bonchev–Trinajstić information content (AvgIpc) is 2.49. The van der Waals surface area contributed by atoms with Crippen LogP contribution in [-0.4, -0.2) is 4.98 Å². The fraction of sp³-hybridized carbons (Fsp3) is 0. The van der Waals surface area contributed by atoms with E-state index in [4.69, 9.17) is 17.3 Å². The highest BCUT2D eigenvalue weighted by atomic mass is 35.5. The Morgan fingerprint density at radius 3 is 2.81 bits per heavy atom. The summed E-state index contributed by atoms with van der Waals surface area (Å²) in [5.74, 6) is 0. The van der Waals surface area contributed by atoms with E-state index in [1.165, 1.54) is 0 Å². The zero-order chi connectivity index (χ0) is 14.8. The lowest BCUT2D eigenvalue weighted by Gasteiger charge is -2.11. The molecular formula is C16H11ClN4. The quantitative estimate of drug-likeness (QED) is 0.698. The molecule has 0 atom stereocenters. The summed E-state index contributed by atoms with van der Waals surface area (Å²) in [5.41, 5.74) is 9.27. The highest BCUT2D eigenvalue weighted by Gasteiger charge is 2.08. The molecule has 0 aliphatic carbocycles. The van der Waals surface area contributed by atoms with Crippen LogP contribution in [0.1, 0.15) is 5.56 Å². The lowest BCUT2D eigenvalue weighted by Crippen LogP contribution is -1.97. The predicted octanol–water partition coefficient (Wildman–Crippen LogP) is 4.09. The van der Waals surface area contributed by atoms with E-state index in [9.17, 15) is 5.26 Å². The maximum Gasteiger partial charge on any atom is 0.101 e.